The Balaban J connectivity index is 1.50. The molecule has 1 amide bonds. The zero-order valence-electron chi connectivity index (χ0n) is 15.9. The Morgan fingerprint density at radius 3 is 2.72 bits per heavy atom. The average Bonchev–Trinajstić information content (AvgIpc) is 3.33. The van der Waals surface area contributed by atoms with Crippen LogP contribution < -0.4 is 0 Å². The van der Waals surface area contributed by atoms with Crippen LogP contribution in [0.5, 0.6) is 0 Å². The average molecular weight is 348 g/mol. The number of carbonyl (C=O) groups excluding carboxylic acids is 1. The van der Waals surface area contributed by atoms with E-state index in [1.807, 2.05) is 13.8 Å². The Morgan fingerprint density at radius 1 is 1.24 bits per heavy atom. The zero-order chi connectivity index (χ0) is 17.8. The maximum absolute atomic E-state index is 12.8. The topological polar surface area (TPSA) is 62.5 Å². The van der Waals surface area contributed by atoms with Crippen LogP contribution in [-0.4, -0.2) is 57.6 Å². The van der Waals surface area contributed by atoms with E-state index in [4.69, 9.17) is 4.52 Å². The molecule has 0 bridgehead atoms. The van der Waals surface area contributed by atoms with Crippen molar-refractivity contribution in [2.75, 3.05) is 19.6 Å². The molecule has 0 aromatic carbocycles. The molecule has 1 aromatic heterocycles. The van der Waals surface area contributed by atoms with Crippen LogP contribution in [0.4, 0.5) is 0 Å². The van der Waals surface area contributed by atoms with Crippen LogP contribution >= 0.6 is 0 Å². The Bertz CT molecular complexity index is 572. The number of nitrogens with zero attached hydrogens (tertiary/aromatic N) is 4. The van der Waals surface area contributed by atoms with Gasteiger partial charge in [0.25, 0.3) is 0 Å². The normalized spacial score (nSPS) is 24.6. The largest absolute Gasteiger partial charge is 0.339 e. The molecule has 6 heteroatoms. The van der Waals surface area contributed by atoms with Crippen molar-refractivity contribution < 1.29 is 9.32 Å². The molecule has 2 aliphatic rings. The van der Waals surface area contributed by atoms with Gasteiger partial charge in [0.2, 0.25) is 11.8 Å². The summed E-state index contributed by atoms with van der Waals surface area (Å²) in [5, 5.41) is 3.99. The number of amides is 1. The van der Waals surface area contributed by atoms with Crippen molar-refractivity contribution >= 4 is 5.91 Å². The molecule has 0 saturated carbocycles. The van der Waals surface area contributed by atoms with Crippen molar-refractivity contribution in [3.05, 3.63) is 11.7 Å². The third-order valence-electron chi connectivity index (χ3n) is 5.67. The molecule has 25 heavy (non-hydrogen) atoms. The van der Waals surface area contributed by atoms with Crippen LogP contribution in [0.3, 0.4) is 0 Å². The van der Waals surface area contributed by atoms with Gasteiger partial charge in [-0.3, -0.25) is 9.69 Å². The lowest BCUT2D eigenvalue weighted by molar-refractivity contribution is -0.133. The Hall–Kier alpha value is -1.43. The third kappa shape index (κ3) is 4.22. The van der Waals surface area contributed by atoms with E-state index in [2.05, 4.69) is 26.9 Å². The predicted octanol–water partition coefficient (Wildman–Crippen LogP) is 2.99. The van der Waals surface area contributed by atoms with E-state index in [9.17, 15) is 4.79 Å². The van der Waals surface area contributed by atoms with E-state index in [1.165, 1.54) is 19.4 Å². The number of likely N-dealkylation sites (N-methyl/N-ethyl adjacent to an activating group) is 1. The fourth-order valence-corrected chi connectivity index (χ4v) is 4.32. The van der Waals surface area contributed by atoms with E-state index in [-0.39, 0.29) is 5.92 Å². The quantitative estimate of drug-likeness (QED) is 0.758. The van der Waals surface area contributed by atoms with Gasteiger partial charge >= 0.3 is 0 Å². The van der Waals surface area contributed by atoms with E-state index in [0.717, 1.165) is 38.2 Å². The van der Waals surface area contributed by atoms with Crippen LogP contribution in [0.2, 0.25) is 0 Å². The molecule has 0 radical (unpaired) electrons. The lowest BCUT2D eigenvalue weighted by Gasteiger charge is -2.34. The second kappa shape index (κ2) is 8.30. The first-order valence-corrected chi connectivity index (χ1v) is 9.96. The van der Waals surface area contributed by atoms with Crippen molar-refractivity contribution in [3.8, 4) is 0 Å². The van der Waals surface area contributed by atoms with E-state index < -0.39 is 0 Å². The van der Waals surface area contributed by atoms with Gasteiger partial charge in [-0.15, -0.1) is 0 Å². The first kappa shape index (κ1) is 18.4. The highest BCUT2D eigenvalue weighted by atomic mass is 16.5. The van der Waals surface area contributed by atoms with E-state index in [1.54, 1.807) is 0 Å². The standard InChI is InChI=1S/C19H32N4O2/c1-4-22-12-6-8-15(22)16-9-7-13-23(16)18(24)11-5-10-17-20-19(14(2)3)21-25-17/h14-16H,4-13H2,1-3H3/t15-,16-/m0/s1. The van der Waals surface area contributed by atoms with Crippen molar-refractivity contribution in [2.45, 2.75) is 83.7 Å². The van der Waals surface area contributed by atoms with Crippen molar-refractivity contribution in [1.29, 1.82) is 0 Å². The van der Waals surface area contributed by atoms with Crippen LogP contribution in [0.15, 0.2) is 4.52 Å². The Kier molecular flexibility index (Phi) is 6.10. The fourth-order valence-electron chi connectivity index (χ4n) is 4.32. The Labute approximate surface area is 150 Å². The molecular formula is C19H32N4O2. The van der Waals surface area contributed by atoms with Crippen LogP contribution in [-0.2, 0) is 11.2 Å². The van der Waals surface area contributed by atoms with Crippen LogP contribution in [0.1, 0.15) is 76.9 Å². The van der Waals surface area contributed by atoms with Gasteiger partial charge in [-0.2, -0.15) is 4.98 Å². The fraction of sp³-hybridized carbons (Fsp3) is 0.842. The first-order chi connectivity index (χ1) is 12.1. The molecule has 1 aromatic rings. The molecule has 0 aliphatic carbocycles. The molecule has 2 aliphatic heterocycles. The molecule has 0 spiro atoms. The SMILES string of the molecule is CCN1CCC[C@H]1[C@@H]1CCCN1C(=O)CCCc1nc(C(C)C)no1. The molecule has 2 atom stereocenters. The smallest absolute Gasteiger partial charge is 0.226 e. The van der Waals surface area contributed by atoms with Crippen molar-refractivity contribution in [3.63, 3.8) is 0 Å². The second-order valence-corrected chi connectivity index (χ2v) is 7.69. The van der Waals surface area contributed by atoms with Crippen LogP contribution in [0, 0.1) is 0 Å². The summed E-state index contributed by atoms with van der Waals surface area (Å²) in [4.78, 5) is 21.9. The number of hydrogen-bond acceptors (Lipinski definition) is 5. The number of hydrogen-bond donors (Lipinski definition) is 0. The minimum absolute atomic E-state index is 0.275. The van der Waals surface area contributed by atoms with Gasteiger partial charge in [0.15, 0.2) is 5.82 Å². The summed E-state index contributed by atoms with van der Waals surface area (Å²) in [5.41, 5.74) is 0. The third-order valence-corrected chi connectivity index (χ3v) is 5.67. The van der Waals surface area contributed by atoms with Gasteiger partial charge < -0.3 is 9.42 Å². The van der Waals surface area contributed by atoms with Crippen LogP contribution in [0.25, 0.3) is 0 Å². The van der Waals surface area contributed by atoms with E-state index in [0.29, 0.717) is 36.7 Å². The van der Waals surface area contributed by atoms with Gasteiger partial charge in [-0.05, 0) is 45.2 Å². The monoisotopic (exact) mass is 348 g/mol. The van der Waals surface area contributed by atoms with Gasteiger partial charge in [-0.25, -0.2) is 0 Å². The van der Waals surface area contributed by atoms with Gasteiger partial charge in [0.1, 0.15) is 0 Å². The summed E-state index contributed by atoms with van der Waals surface area (Å²) in [5.74, 6) is 1.98. The molecular weight excluding hydrogens is 316 g/mol. The molecule has 3 heterocycles. The zero-order valence-corrected chi connectivity index (χ0v) is 15.9. The molecule has 0 unspecified atom stereocenters. The van der Waals surface area contributed by atoms with Crippen molar-refractivity contribution in [1.82, 2.24) is 19.9 Å². The second-order valence-electron chi connectivity index (χ2n) is 7.69. The molecule has 140 valence electrons. The molecule has 2 fully saturated rings. The minimum Gasteiger partial charge on any atom is -0.339 e. The van der Waals surface area contributed by atoms with Gasteiger partial charge in [-0.1, -0.05) is 25.9 Å². The summed E-state index contributed by atoms with van der Waals surface area (Å²) in [6.07, 6.45) is 6.86. The molecule has 2 saturated heterocycles. The predicted molar refractivity (Wildman–Crippen MR) is 96.3 cm³/mol. The maximum Gasteiger partial charge on any atom is 0.226 e. The molecule has 0 N–H and O–H groups in total. The van der Waals surface area contributed by atoms with Crippen molar-refractivity contribution in [2.24, 2.45) is 0 Å². The number of rotatable bonds is 7. The summed E-state index contributed by atoms with van der Waals surface area (Å²) >= 11 is 0. The lowest BCUT2D eigenvalue weighted by atomic mass is 10.0. The Morgan fingerprint density at radius 2 is 2.00 bits per heavy atom. The van der Waals surface area contributed by atoms with E-state index >= 15 is 0 Å². The summed E-state index contributed by atoms with van der Waals surface area (Å²) < 4.78 is 5.27. The number of likely N-dealkylation sites (tertiary alicyclic amines) is 2. The van der Waals surface area contributed by atoms with Gasteiger partial charge in [0, 0.05) is 37.4 Å². The number of aryl methyl sites for hydroxylation is 1. The summed E-state index contributed by atoms with van der Waals surface area (Å²) in [6, 6.07) is 0.992. The maximum atomic E-state index is 12.8. The highest BCUT2D eigenvalue weighted by molar-refractivity contribution is 5.76. The number of carbonyl (C=O) groups is 1. The first-order valence-electron chi connectivity index (χ1n) is 9.96. The molecule has 3 rings (SSSR count). The highest BCUT2D eigenvalue weighted by Crippen LogP contribution is 2.30. The minimum atomic E-state index is 0.275. The summed E-state index contributed by atoms with van der Waals surface area (Å²) in [6.45, 7) is 9.54. The summed E-state index contributed by atoms with van der Waals surface area (Å²) in [7, 11) is 0. The lowest BCUT2D eigenvalue weighted by Crippen LogP contribution is -2.48. The number of aromatic nitrogens is 2. The van der Waals surface area contributed by atoms with Gasteiger partial charge in [0.05, 0.1) is 0 Å². The highest BCUT2D eigenvalue weighted by Gasteiger charge is 2.38. The molecule has 6 nitrogen and oxygen atoms in total.